The second-order valence-electron chi connectivity index (χ2n) is 4.28. The number of halogens is 1. The number of hydrogen-bond acceptors (Lipinski definition) is 3. The van der Waals surface area contributed by atoms with Crippen molar-refractivity contribution in [3.05, 3.63) is 29.6 Å². The zero-order chi connectivity index (χ0) is 13.3. The molecule has 1 aliphatic heterocycles. The van der Waals surface area contributed by atoms with Gasteiger partial charge in [0.2, 0.25) is 11.8 Å². The van der Waals surface area contributed by atoms with Crippen molar-refractivity contribution < 1.29 is 14.0 Å². The molecule has 1 fully saturated rings. The van der Waals surface area contributed by atoms with Gasteiger partial charge in [-0.3, -0.25) is 15.0 Å². The van der Waals surface area contributed by atoms with Crippen LogP contribution in [0, 0.1) is 12.7 Å². The Morgan fingerprint density at radius 2 is 2.22 bits per heavy atom. The first-order valence-corrected chi connectivity index (χ1v) is 5.57. The summed E-state index contributed by atoms with van der Waals surface area (Å²) in [6.45, 7) is 1.63. The minimum absolute atomic E-state index is 0.114. The molecule has 1 aliphatic rings. The molecule has 2 rings (SSSR count). The minimum Gasteiger partial charge on any atom is -0.314 e. The summed E-state index contributed by atoms with van der Waals surface area (Å²) in [6.07, 6.45) is 0.114. The van der Waals surface area contributed by atoms with Gasteiger partial charge in [0.25, 0.3) is 0 Å². The second kappa shape index (κ2) is 4.73. The molecule has 1 atom stereocenters. The quantitative estimate of drug-likeness (QED) is 0.804. The van der Waals surface area contributed by atoms with Gasteiger partial charge in [0.1, 0.15) is 11.9 Å². The first-order chi connectivity index (χ1) is 8.49. The van der Waals surface area contributed by atoms with Gasteiger partial charge in [-0.05, 0) is 30.7 Å². The molecule has 0 aliphatic carbocycles. The molecular weight excluding hydrogens is 237 g/mol. The summed E-state index contributed by atoms with van der Waals surface area (Å²) in [5.74, 6) is -0.758. The van der Waals surface area contributed by atoms with Crippen LogP contribution in [0.3, 0.4) is 0 Å². The standard InChI is InChI=1S/C12H14FN3O2/c1-7-5-8(3-4-9(7)13)16(2)12(18)10-6-11(17)15-14-10/h3-5,10,14H,6H2,1-2H3,(H,15,17). The highest BCUT2D eigenvalue weighted by Crippen LogP contribution is 2.18. The predicted molar refractivity (Wildman–Crippen MR) is 64.2 cm³/mol. The van der Waals surface area contributed by atoms with Crippen molar-refractivity contribution in [2.45, 2.75) is 19.4 Å². The van der Waals surface area contributed by atoms with Crippen LogP contribution in [0.4, 0.5) is 10.1 Å². The average Bonchev–Trinajstić information content (AvgIpc) is 2.77. The molecule has 1 heterocycles. The van der Waals surface area contributed by atoms with Gasteiger partial charge in [0.15, 0.2) is 0 Å². The van der Waals surface area contributed by atoms with Gasteiger partial charge in [-0.2, -0.15) is 0 Å². The van der Waals surface area contributed by atoms with Crippen LogP contribution in [0.1, 0.15) is 12.0 Å². The van der Waals surface area contributed by atoms with E-state index in [4.69, 9.17) is 0 Å². The van der Waals surface area contributed by atoms with E-state index in [1.54, 1.807) is 20.0 Å². The van der Waals surface area contributed by atoms with Crippen molar-refractivity contribution in [1.82, 2.24) is 10.9 Å². The van der Waals surface area contributed by atoms with Crippen LogP contribution < -0.4 is 15.8 Å². The van der Waals surface area contributed by atoms with Gasteiger partial charge >= 0.3 is 0 Å². The van der Waals surface area contributed by atoms with E-state index >= 15 is 0 Å². The van der Waals surface area contributed by atoms with Gasteiger partial charge < -0.3 is 4.90 Å². The molecule has 6 heteroatoms. The molecule has 1 unspecified atom stereocenters. The summed E-state index contributed by atoms with van der Waals surface area (Å²) < 4.78 is 13.1. The summed E-state index contributed by atoms with van der Waals surface area (Å²) in [6, 6.07) is 3.87. The Hall–Kier alpha value is -1.95. The Morgan fingerprint density at radius 3 is 2.78 bits per heavy atom. The molecule has 0 radical (unpaired) electrons. The van der Waals surface area contributed by atoms with Crippen LogP contribution >= 0.6 is 0 Å². The Kier molecular flexibility index (Phi) is 3.29. The molecule has 0 saturated carbocycles. The van der Waals surface area contributed by atoms with Crippen molar-refractivity contribution in [1.29, 1.82) is 0 Å². The molecule has 96 valence electrons. The van der Waals surface area contributed by atoms with Gasteiger partial charge in [0.05, 0.1) is 6.42 Å². The molecule has 1 saturated heterocycles. The Bertz CT molecular complexity index is 504. The van der Waals surface area contributed by atoms with Crippen molar-refractivity contribution in [2.24, 2.45) is 0 Å². The molecule has 1 aromatic rings. The van der Waals surface area contributed by atoms with E-state index < -0.39 is 6.04 Å². The van der Waals surface area contributed by atoms with Gasteiger partial charge in [-0.25, -0.2) is 9.82 Å². The topological polar surface area (TPSA) is 61.4 Å². The van der Waals surface area contributed by atoms with Crippen LogP contribution in [0.5, 0.6) is 0 Å². The lowest BCUT2D eigenvalue weighted by Gasteiger charge is -2.20. The van der Waals surface area contributed by atoms with Crippen LogP contribution in [-0.4, -0.2) is 24.9 Å². The summed E-state index contributed by atoms with van der Waals surface area (Å²) in [5.41, 5.74) is 6.07. The van der Waals surface area contributed by atoms with E-state index in [0.29, 0.717) is 11.3 Å². The van der Waals surface area contributed by atoms with E-state index in [1.165, 1.54) is 17.0 Å². The summed E-state index contributed by atoms with van der Waals surface area (Å²) in [5, 5.41) is 0. The molecule has 0 bridgehead atoms. The van der Waals surface area contributed by atoms with Crippen molar-refractivity contribution in [2.75, 3.05) is 11.9 Å². The van der Waals surface area contributed by atoms with Crippen molar-refractivity contribution in [3.8, 4) is 0 Å². The lowest BCUT2D eigenvalue weighted by Crippen LogP contribution is -2.44. The third-order valence-corrected chi connectivity index (χ3v) is 2.93. The maximum Gasteiger partial charge on any atom is 0.246 e. The smallest absolute Gasteiger partial charge is 0.246 e. The number of hydrogen-bond donors (Lipinski definition) is 2. The predicted octanol–water partition coefficient (Wildman–Crippen LogP) is 0.490. The number of aryl methyl sites for hydroxylation is 1. The molecule has 18 heavy (non-hydrogen) atoms. The van der Waals surface area contributed by atoms with Crippen LogP contribution in [0.2, 0.25) is 0 Å². The van der Waals surface area contributed by atoms with E-state index in [0.717, 1.165) is 0 Å². The van der Waals surface area contributed by atoms with Gasteiger partial charge in [-0.15, -0.1) is 0 Å². The maximum absolute atomic E-state index is 13.1. The zero-order valence-corrected chi connectivity index (χ0v) is 10.2. The molecular formula is C12H14FN3O2. The molecule has 0 aromatic heterocycles. The number of rotatable bonds is 2. The Labute approximate surface area is 104 Å². The Balaban J connectivity index is 2.15. The van der Waals surface area contributed by atoms with E-state index in [-0.39, 0.29) is 24.1 Å². The Morgan fingerprint density at radius 1 is 1.50 bits per heavy atom. The highest BCUT2D eigenvalue weighted by atomic mass is 19.1. The number of likely N-dealkylation sites (N-methyl/N-ethyl adjacent to an activating group) is 1. The summed E-state index contributed by atoms with van der Waals surface area (Å²) in [4.78, 5) is 24.5. The third-order valence-electron chi connectivity index (χ3n) is 2.93. The fourth-order valence-corrected chi connectivity index (χ4v) is 1.80. The summed E-state index contributed by atoms with van der Waals surface area (Å²) in [7, 11) is 1.60. The number of anilines is 1. The van der Waals surface area contributed by atoms with Gasteiger partial charge in [0, 0.05) is 12.7 Å². The molecule has 1 aromatic carbocycles. The lowest BCUT2D eigenvalue weighted by atomic mass is 10.1. The lowest BCUT2D eigenvalue weighted by molar-refractivity contribution is -0.122. The number of nitrogens with one attached hydrogen (secondary N) is 2. The number of carbonyl (C=O) groups excluding carboxylic acids is 2. The van der Waals surface area contributed by atoms with E-state index in [9.17, 15) is 14.0 Å². The summed E-state index contributed by atoms with van der Waals surface area (Å²) >= 11 is 0. The third kappa shape index (κ3) is 2.33. The fourth-order valence-electron chi connectivity index (χ4n) is 1.80. The minimum atomic E-state index is -0.576. The second-order valence-corrected chi connectivity index (χ2v) is 4.28. The number of carbonyl (C=O) groups is 2. The molecule has 5 nitrogen and oxygen atoms in total. The number of amides is 2. The van der Waals surface area contributed by atoms with Crippen LogP contribution in [0.15, 0.2) is 18.2 Å². The largest absolute Gasteiger partial charge is 0.314 e. The first kappa shape index (κ1) is 12.5. The van der Waals surface area contributed by atoms with Gasteiger partial charge in [-0.1, -0.05) is 0 Å². The average molecular weight is 251 g/mol. The van der Waals surface area contributed by atoms with Crippen molar-refractivity contribution >= 4 is 17.5 Å². The highest BCUT2D eigenvalue weighted by Gasteiger charge is 2.30. The molecule has 2 N–H and O–H groups in total. The highest BCUT2D eigenvalue weighted by molar-refractivity contribution is 6.00. The monoisotopic (exact) mass is 251 g/mol. The maximum atomic E-state index is 13.1. The van der Waals surface area contributed by atoms with E-state index in [1.807, 2.05) is 0 Å². The van der Waals surface area contributed by atoms with Crippen molar-refractivity contribution in [3.63, 3.8) is 0 Å². The number of benzene rings is 1. The molecule has 0 spiro atoms. The number of hydrazine groups is 1. The van der Waals surface area contributed by atoms with Crippen LogP contribution in [-0.2, 0) is 9.59 Å². The normalized spacial score (nSPS) is 18.6. The number of nitrogens with zero attached hydrogens (tertiary/aromatic N) is 1. The van der Waals surface area contributed by atoms with E-state index in [2.05, 4.69) is 10.9 Å². The van der Waals surface area contributed by atoms with Crippen LogP contribution in [0.25, 0.3) is 0 Å². The SMILES string of the molecule is Cc1cc(N(C)C(=O)C2CC(=O)NN2)ccc1F. The first-order valence-electron chi connectivity index (χ1n) is 5.57. The molecule has 2 amide bonds. The zero-order valence-electron chi connectivity index (χ0n) is 10.2. The fraction of sp³-hybridized carbons (Fsp3) is 0.333.